The second-order valence-electron chi connectivity index (χ2n) is 18.3. The van der Waals surface area contributed by atoms with Gasteiger partial charge in [-0.15, -0.1) is 0 Å². The summed E-state index contributed by atoms with van der Waals surface area (Å²) in [5.41, 5.74) is 2.74. The van der Waals surface area contributed by atoms with Gasteiger partial charge in [-0.3, -0.25) is 9.59 Å². The molecular weight excluding hydrogens is 737 g/mol. The summed E-state index contributed by atoms with van der Waals surface area (Å²) in [5, 5.41) is 5.70. The molecule has 2 aromatic heterocycles. The summed E-state index contributed by atoms with van der Waals surface area (Å²) >= 11 is 0. The summed E-state index contributed by atoms with van der Waals surface area (Å²) in [7, 11) is 0. The van der Waals surface area contributed by atoms with Crippen LogP contribution < -0.4 is 10.6 Å². The number of carbonyl (C=O) groups excluding carboxylic acids is 4. The summed E-state index contributed by atoms with van der Waals surface area (Å²) in [6.07, 6.45) is 8.20. The molecule has 2 aliphatic carbocycles. The molecule has 0 radical (unpaired) electrons. The van der Waals surface area contributed by atoms with Gasteiger partial charge in [0.05, 0.1) is 35.9 Å². The second-order valence-corrected chi connectivity index (χ2v) is 18.3. The van der Waals surface area contributed by atoms with Gasteiger partial charge in [-0.05, 0) is 115 Å². The van der Waals surface area contributed by atoms with E-state index in [-0.39, 0.29) is 23.9 Å². The fraction of sp³-hybridized carbons (Fsp3) is 0.500. The number of carbonyl (C=O) groups is 4. The number of alkyl carbamates (subject to hydrolysis) is 2. The van der Waals surface area contributed by atoms with Gasteiger partial charge in [0.15, 0.2) is 0 Å². The zero-order valence-electron chi connectivity index (χ0n) is 34.2. The molecule has 2 aromatic carbocycles. The van der Waals surface area contributed by atoms with Gasteiger partial charge in [0.25, 0.3) is 0 Å². The summed E-state index contributed by atoms with van der Waals surface area (Å²) in [6.45, 7) is 12.1. The number of likely N-dealkylation sites (tertiary alicyclic amines) is 2. The number of ether oxygens (including phenoxy) is 2. The molecule has 14 nitrogen and oxygen atoms in total. The number of hydrogen-bond donors (Lipinski definition) is 4. The number of H-pyrrole nitrogens is 2. The van der Waals surface area contributed by atoms with E-state index in [0.29, 0.717) is 38.8 Å². The molecule has 4 aliphatic rings. The number of imidazole rings is 2. The van der Waals surface area contributed by atoms with Gasteiger partial charge >= 0.3 is 12.2 Å². The molecule has 2 aliphatic heterocycles. The van der Waals surface area contributed by atoms with Crippen LogP contribution in [0.3, 0.4) is 0 Å². The zero-order chi connectivity index (χ0) is 41.0. The van der Waals surface area contributed by atoms with Crippen molar-refractivity contribution in [3.8, 4) is 33.6 Å². The highest BCUT2D eigenvalue weighted by Crippen LogP contribution is 2.44. The number of aromatic amines is 2. The maximum absolute atomic E-state index is 13.7. The predicted molar refractivity (Wildman–Crippen MR) is 217 cm³/mol. The lowest BCUT2D eigenvalue weighted by molar-refractivity contribution is -0.136. The van der Waals surface area contributed by atoms with E-state index in [4.69, 9.17) is 19.4 Å². The first kappa shape index (κ1) is 39.2. The SMILES string of the molecule is CC(C)(C)OC(=O)NC1(C(=O)N2CCCC2c2ncc(-c3ccc(-c4ccc(-c5cnc([C@@H]6CCCN6C(=O)C6(NC(=O)OC(C)(C)C)CC6)[nH]5)cc4)cc3)[nH]2)CC1. The molecule has 0 spiro atoms. The van der Waals surface area contributed by atoms with Crippen molar-refractivity contribution in [3.63, 3.8) is 0 Å². The van der Waals surface area contributed by atoms with E-state index in [0.717, 1.165) is 71.0 Å². The number of benzene rings is 2. The van der Waals surface area contributed by atoms with Crippen LogP contribution in [0.25, 0.3) is 33.6 Å². The Morgan fingerprint density at radius 2 is 0.948 bits per heavy atom. The molecule has 2 atom stereocenters. The summed E-state index contributed by atoms with van der Waals surface area (Å²) < 4.78 is 10.9. The Hall–Kier alpha value is -5.66. The Balaban J connectivity index is 0.890. The first-order valence-electron chi connectivity index (χ1n) is 20.5. The largest absolute Gasteiger partial charge is 0.444 e. The van der Waals surface area contributed by atoms with E-state index >= 15 is 0 Å². The molecule has 1 unspecified atom stereocenters. The van der Waals surface area contributed by atoms with Gasteiger partial charge < -0.3 is 39.9 Å². The molecule has 14 heteroatoms. The molecule has 4 heterocycles. The number of nitrogens with zero attached hydrogens (tertiary/aromatic N) is 4. The number of aromatic nitrogens is 4. The first-order chi connectivity index (χ1) is 27.5. The van der Waals surface area contributed by atoms with Crippen LogP contribution >= 0.6 is 0 Å². The highest BCUT2D eigenvalue weighted by atomic mass is 16.6. The van der Waals surface area contributed by atoms with Crippen LogP contribution in [-0.4, -0.2) is 89.1 Å². The van der Waals surface area contributed by atoms with Crippen LogP contribution in [0.4, 0.5) is 9.59 Å². The van der Waals surface area contributed by atoms with Gasteiger partial charge in [0, 0.05) is 13.1 Å². The molecule has 4 fully saturated rings. The minimum absolute atomic E-state index is 0.0769. The van der Waals surface area contributed by atoms with Gasteiger partial charge in [-0.1, -0.05) is 48.5 Å². The van der Waals surface area contributed by atoms with Gasteiger partial charge in [-0.2, -0.15) is 0 Å². The lowest BCUT2D eigenvalue weighted by atomic mass is 10.0. The van der Waals surface area contributed by atoms with Crippen molar-refractivity contribution in [2.24, 2.45) is 0 Å². The summed E-state index contributed by atoms with van der Waals surface area (Å²) in [5.74, 6) is 1.33. The van der Waals surface area contributed by atoms with Gasteiger partial charge in [0.1, 0.15) is 33.9 Å². The standard InChI is InChI=1S/C44H54N8O6/c1-41(2,3)57-39(55)49-43(19-20-43)37(53)51-23-7-9-33(51)35-45-25-31(47-35)29-15-11-27(12-16-29)28-13-17-30(18-14-28)32-26-46-36(48-32)34-10-8-24-52(34)38(54)44(21-22-44)50-40(56)58-42(4,5)6/h11-18,25-26,33-34H,7-10,19-24H2,1-6H3,(H,45,47)(H,46,48)(H,49,55)(H,50,56)/t33-,34?/m0/s1. The number of amides is 4. The van der Waals surface area contributed by atoms with Crippen molar-refractivity contribution < 1.29 is 28.7 Å². The Labute approximate surface area is 338 Å². The van der Waals surface area contributed by atoms with Crippen LogP contribution in [0, 0.1) is 0 Å². The highest BCUT2D eigenvalue weighted by Gasteiger charge is 2.56. The van der Waals surface area contributed by atoms with Gasteiger partial charge in [0.2, 0.25) is 11.8 Å². The zero-order valence-corrected chi connectivity index (χ0v) is 34.2. The van der Waals surface area contributed by atoms with E-state index in [2.05, 4.69) is 69.1 Å². The fourth-order valence-corrected chi connectivity index (χ4v) is 8.16. The Morgan fingerprint density at radius 3 is 1.28 bits per heavy atom. The summed E-state index contributed by atoms with van der Waals surface area (Å²) in [4.78, 5) is 72.6. The quantitative estimate of drug-likeness (QED) is 0.134. The minimum atomic E-state index is -0.904. The molecular formula is C44H54N8O6. The van der Waals surface area contributed by atoms with E-state index in [1.807, 2.05) is 22.2 Å². The maximum Gasteiger partial charge on any atom is 0.408 e. The number of nitrogens with one attached hydrogen (secondary N) is 4. The third kappa shape index (κ3) is 8.19. The Kier molecular flexibility index (Phi) is 9.87. The monoisotopic (exact) mass is 790 g/mol. The average molecular weight is 791 g/mol. The van der Waals surface area contributed by atoms with E-state index in [1.165, 1.54) is 0 Å². The van der Waals surface area contributed by atoms with Crippen molar-refractivity contribution in [1.82, 2.24) is 40.4 Å². The smallest absolute Gasteiger partial charge is 0.408 e. The van der Waals surface area contributed by atoms with E-state index in [9.17, 15) is 19.2 Å². The van der Waals surface area contributed by atoms with Crippen LogP contribution in [-0.2, 0) is 19.1 Å². The number of hydrogen-bond acceptors (Lipinski definition) is 8. The topological polar surface area (TPSA) is 175 Å². The molecule has 0 bridgehead atoms. The fourth-order valence-electron chi connectivity index (χ4n) is 8.16. The highest BCUT2D eigenvalue weighted by molar-refractivity contribution is 5.94. The number of rotatable bonds is 9. The first-order valence-corrected chi connectivity index (χ1v) is 20.5. The van der Waals surface area contributed by atoms with Crippen LogP contribution in [0.1, 0.15) is 117 Å². The normalized spacial score (nSPS) is 20.7. The summed E-state index contributed by atoms with van der Waals surface area (Å²) in [6, 6.07) is 16.2. The van der Waals surface area contributed by atoms with Crippen LogP contribution in [0.5, 0.6) is 0 Å². The van der Waals surface area contributed by atoms with Gasteiger partial charge in [-0.25, -0.2) is 19.6 Å². The van der Waals surface area contributed by atoms with Crippen LogP contribution in [0.15, 0.2) is 60.9 Å². The average Bonchev–Trinajstić information content (AvgIpc) is 3.71. The maximum atomic E-state index is 13.7. The van der Waals surface area contributed by atoms with Crippen molar-refractivity contribution in [2.45, 2.75) is 127 Å². The second kappa shape index (κ2) is 14.6. The van der Waals surface area contributed by atoms with Crippen molar-refractivity contribution >= 4 is 24.0 Å². The molecule has 4 amide bonds. The van der Waals surface area contributed by atoms with Crippen molar-refractivity contribution in [2.75, 3.05) is 13.1 Å². The molecule has 2 saturated carbocycles. The van der Waals surface area contributed by atoms with Crippen LogP contribution in [0.2, 0.25) is 0 Å². The van der Waals surface area contributed by atoms with Crippen molar-refractivity contribution in [3.05, 3.63) is 72.6 Å². The third-order valence-corrected chi connectivity index (χ3v) is 11.4. The molecule has 4 aromatic rings. The minimum Gasteiger partial charge on any atom is -0.444 e. The van der Waals surface area contributed by atoms with Crippen molar-refractivity contribution in [1.29, 1.82) is 0 Å². The Morgan fingerprint density at radius 1 is 0.603 bits per heavy atom. The predicted octanol–water partition coefficient (Wildman–Crippen LogP) is 7.58. The van der Waals surface area contributed by atoms with E-state index in [1.54, 1.807) is 41.5 Å². The van der Waals surface area contributed by atoms with E-state index < -0.39 is 34.5 Å². The molecule has 58 heavy (non-hydrogen) atoms. The molecule has 4 N–H and O–H groups in total. The molecule has 306 valence electrons. The Bertz CT molecular complexity index is 2030. The lowest BCUT2D eigenvalue weighted by Gasteiger charge is -2.29. The lowest BCUT2D eigenvalue weighted by Crippen LogP contribution is -2.51. The molecule has 2 saturated heterocycles. The molecule has 8 rings (SSSR count). The third-order valence-electron chi connectivity index (χ3n) is 11.4.